The van der Waals surface area contributed by atoms with Crippen molar-refractivity contribution in [2.24, 2.45) is 0 Å². The molecule has 0 spiro atoms. The minimum atomic E-state index is 0.638. The van der Waals surface area contributed by atoms with E-state index in [1.807, 2.05) is 31.2 Å². The molecule has 0 unspecified atom stereocenters. The number of ether oxygens (including phenoxy) is 3. The van der Waals surface area contributed by atoms with Crippen LogP contribution in [0.3, 0.4) is 0 Å². The number of methoxy groups -OCH3 is 2. The van der Waals surface area contributed by atoms with Crippen LogP contribution in [0.25, 0.3) is 0 Å². The zero-order valence-electron chi connectivity index (χ0n) is 14.9. The van der Waals surface area contributed by atoms with Gasteiger partial charge in [0, 0.05) is 31.4 Å². The van der Waals surface area contributed by atoms with Crippen LogP contribution in [0.4, 0.5) is 11.8 Å². The molecular formula is C18H24N4O3. The van der Waals surface area contributed by atoms with Gasteiger partial charge in [-0.05, 0) is 24.6 Å². The number of morpholine rings is 1. The molecule has 0 radical (unpaired) electrons. The molecular weight excluding hydrogens is 320 g/mol. The Balaban J connectivity index is 1.71. The summed E-state index contributed by atoms with van der Waals surface area (Å²) in [6, 6.07) is 7.82. The fourth-order valence-electron chi connectivity index (χ4n) is 2.73. The van der Waals surface area contributed by atoms with E-state index in [4.69, 9.17) is 14.2 Å². The first kappa shape index (κ1) is 17.3. The molecule has 0 saturated carbocycles. The highest BCUT2D eigenvalue weighted by Gasteiger charge is 2.15. The highest BCUT2D eigenvalue weighted by Crippen LogP contribution is 2.27. The van der Waals surface area contributed by atoms with Crippen molar-refractivity contribution in [1.29, 1.82) is 0 Å². The molecule has 1 aliphatic heterocycles. The predicted octanol–water partition coefficient (Wildman–Crippen LogP) is 2.25. The fraction of sp³-hybridized carbons (Fsp3) is 0.444. The molecule has 1 saturated heterocycles. The normalized spacial score (nSPS) is 14.3. The van der Waals surface area contributed by atoms with Crippen LogP contribution in [0.5, 0.6) is 11.5 Å². The third kappa shape index (κ3) is 4.30. The maximum Gasteiger partial charge on any atom is 0.227 e. The Bertz CT molecular complexity index is 717. The summed E-state index contributed by atoms with van der Waals surface area (Å²) in [6.07, 6.45) is 0. The average Bonchev–Trinajstić information content (AvgIpc) is 2.66. The standard InChI is InChI=1S/C18H24N4O3/c1-13-10-17(21-18(20-13)22-6-8-25-9-7-22)19-12-14-4-5-15(23-2)16(11-14)24-3/h4-5,10-11H,6-9,12H2,1-3H3,(H,19,20,21). The number of hydrogen-bond acceptors (Lipinski definition) is 7. The first-order valence-corrected chi connectivity index (χ1v) is 8.33. The average molecular weight is 344 g/mol. The number of nitrogens with zero attached hydrogens (tertiary/aromatic N) is 3. The lowest BCUT2D eigenvalue weighted by Gasteiger charge is -2.27. The van der Waals surface area contributed by atoms with Crippen molar-refractivity contribution >= 4 is 11.8 Å². The van der Waals surface area contributed by atoms with Crippen LogP contribution in [0, 0.1) is 6.92 Å². The van der Waals surface area contributed by atoms with Gasteiger partial charge in [0.1, 0.15) is 5.82 Å². The van der Waals surface area contributed by atoms with Crippen LogP contribution >= 0.6 is 0 Å². The van der Waals surface area contributed by atoms with Crippen molar-refractivity contribution in [3.05, 3.63) is 35.5 Å². The van der Waals surface area contributed by atoms with E-state index in [-0.39, 0.29) is 0 Å². The fourth-order valence-corrected chi connectivity index (χ4v) is 2.73. The Kier molecular flexibility index (Phi) is 5.55. The highest BCUT2D eigenvalue weighted by atomic mass is 16.5. The number of hydrogen-bond donors (Lipinski definition) is 1. The topological polar surface area (TPSA) is 68.7 Å². The molecule has 1 aliphatic rings. The Morgan fingerprint density at radius 3 is 2.56 bits per heavy atom. The van der Waals surface area contributed by atoms with Gasteiger partial charge in [-0.2, -0.15) is 4.98 Å². The first-order chi connectivity index (χ1) is 12.2. The predicted molar refractivity (Wildman–Crippen MR) is 96.7 cm³/mol. The molecule has 3 rings (SSSR count). The van der Waals surface area contributed by atoms with Crippen molar-refractivity contribution in [3.8, 4) is 11.5 Å². The van der Waals surface area contributed by atoms with Gasteiger partial charge in [0.15, 0.2) is 11.5 Å². The minimum absolute atomic E-state index is 0.638. The van der Waals surface area contributed by atoms with Crippen molar-refractivity contribution in [2.45, 2.75) is 13.5 Å². The highest BCUT2D eigenvalue weighted by molar-refractivity contribution is 5.46. The Labute approximate surface area is 147 Å². The lowest BCUT2D eigenvalue weighted by atomic mass is 10.2. The lowest BCUT2D eigenvalue weighted by molar-refractivity contribution is 0.122. The van der Waals surface area contributed by atoms with E-state index in [0.717, 1.165) is 47.6 Å². The summed E-state index contributed by atoms with van der Waals surface area (Å²) in [5.74, 6) is 3.00. The van der Waals surface area contributed by atoms with Gasteiger partial charge in [-0.25, -0.2) is 4.98 Å². The number of aryl methyl sites for hydroxylation is 1. The molecule has 7 heteroatoms. The van der Waals surface area contributed by atoms with Gasteiger partial charge in [-0.3, -0.25) is 0 Å². The van der Waals surface area contributed by atoms with Crippen molar-refractivity contribution in [1.82, 2.24) is 9.97 Å². The van der Waals surface area contributed by atoms with Gasteiger partial charge in [0.2, 0.25) is 5.95 Å². The van der Waals surface area contributed by atoms with E-state index >= 15 is 0 Å². The summed E-state index contributed by atoms with van der Waals surface area (Å²) in [5.41, 5.74) is 2.02. The van der Waals surface area contributed by atoms with Crippen LogP contribution in [-0.2, 0) is 11.3 Å². The quantitative estimate of drug-likeness (QED) is 0.862. The Morgan fingerprint density at radius 1 is 1.08 bits per heavy atom. The molecule has 1 aromatic carbocycles. The van der Waals surface area contributed by atoms with Gasteiger partial charge >= 0.3 is 0 Å². The second kappa shape index (κ2) is 8.02. The largest absolute Gasteiger partial charge is 0.493 e. The van der Waals surface area contributed by atoms with E-state index in [9.17, 15) is 0 Å². The summed E-state index contributed by atoms with van der Waals surface area (Å²) in [7, 11) is 3.27. The molecule has 2 aromatic rings. The Morgan fingerprint density at radius 2 is 1.84 bits per heavy atom. The summed E-state index contributed by atoms with van der Waals surface area (Å²) < 4.78 is 16.0. The van der Waals surface area contributed by atoms with E-state index in [2.05, 4.69) is 20.2 Å². The summed E-state index contributed by atoms with van der Waals surface area (Å²) in [5, 5.41) is 3.36. The number of anilines is 2. The third-order valence-corrected chi connectivity index (χ3v) is 4.06. The number of rotatable bonds is 6. The van der Waals surface area contributed by atoms with Gasteiger partial charge in [-0.1, -0.05) is 6.07 Å². The number of aromatic nitrogens is 2. The molecule has 7 nitrogen and oxygen atoms in total. The van der Waals surface area contributed by atoms with Gasteiger partial charge in [0.25, 0.3) is 0 Å². The van der Waals surface area contributed by atoms with E-state index in [0.29, 0.717) is 19.8 Å². The van der Waals surface area contributed by atoms with Crippen LogP contribution in [0.1, 0.15) is 11.3 Å². The molecule has 1 aromatic heterocycles. The molecule has 0 bridgehead atoms. The van der Waals surface area contributed by atoms with Crippen molar-refractivity contribution in [3.63, 3.8) is 0 Å². The first-order valence-electron chi connectivity index (χ1n) is 8.33. The molecule has 2 heterocycles. The van der Waals surface area contributed by atoms with Crippen LogP contribution in [-0.4, -0.2) is 50.5 Å². The summed E-state index contributed by atoms with van der Waals surface area (Å²) >= 11 is 0. The summed E-state index contributed by atoms with van der Waals surface area (Å²) in [4.78, 5) is 11.3. The number of benzene rings is 1. The van der Waals surface area contributed by atoms with Crippen LogP contribution in [0.2, 0.25) is 0 Å². The van der Waals surface area contributed by atoms with E-state index in [1.54, 1.807) is 14.2 Å². The zero-order chi connectivity index (χ0) is 17.6. The third-order valence-electron chi connectivity index (χ3n) is 4.06. The van der Waals surface area contributed by atoms with E-state index in [1.165, 1.54) is 0 Å². The Hall–Kier alpha value is -2.54. The lowest BCUT2D eigenvalue weighted by Crippen LogP contribution is -2.37. The molecule has 134 valence electrons. The zero-order valence-corrected chi connectivity index (χ0v) is 14.9. The van der Waals surface area contributed by atoms with Crippen molar-refractivity contribution in [2.75, 3.05) is 50.7 Å². The second-order valence-electron chi connectivity index (χ2n) is 5.84. The molecule has 0 aliphatic carbocycles. The molecule has 1 fully saturated rings. The SMILES string of the molecule is COc1ccc(CNc2cc(C)nc(N3CCOCC3)n2)cc1OC. The maximum absolute atomic E-state index is 5.39. The van der Waals surface area contributed by atoms with E-state index < -0.39 is 0 Å². The smallest absolute Gasteiger partial charge is 0.227 e. The molecule has 0 amide bonds. The number of nitrogens with one attached hydrogen (secondary N) is 1. The van der Waals surface area contributed by atoms with Crippen molar-refractivity contribution < 1.29 is 14.2 Å². The molecule has 0 atom stereocenters. The van der Waals surface area contributed by atoms with Crippen LogP contribution < -0.4 is 19.7 Å². The molecule has 1 N–H and O–H groups in total. The monoisotopic (exact) mass is 344 g/mol. The second-order valence-corrected chi connectivity index (χ2v) is 5.84. The molecule has 25 heavy (non-hydrogen) atoms. The van der Waals surface area contributed by atoms with Crippen LogP contribution in [0.15, 0.2) is 24.3 Å². The summed E-state index contributed by atoms with van der Waals surface area (Å²) in [6.45, 7) is 5.68. The minimum Gasteiger partial charge on any atom is -0.493 e. The maximum atomic E-state index is 5.39. The van der Waals surface area contributed by atoms with Gasteiger partial charge in [0.05, 0.1) is 27.4 Å². The van der Waals surface area contributed by atoms with Gasteiger partial charge in [-0.15, -0.1) is 0 Å². The van der Waals surface area contributed by atoms with Gasteiger partial charge < -0.3 is 24.4 Å².